The highest BCUT2D eigenvalue weighted by Gasteiger charge is 2.06. The van der Waals surface area contributed by atoms with Gasteiger partial charge in [-0.3, -0.25) is 4.79 Å². The fourth-order valence-electron chi connectivity index (χ4n) is 2.26. The molecule has 1 aromatic heterocycles. The number of benzene rings is 2. The Labute approximate surface area is 122 Å². The maximum atomic E-state index is 11.1. The molecule has 2 aromatic carbocycles. The van der Waals surface area contributed by atoms with E-state index in [2.05, 4.69) is 9.55 Å². The number of hydrogen-bond donors (Lipinski definition) is 1. The summed E-state index contributed by atoms with van der Waals surface area (Å²) in [5.74, 6) is 0.517. The van der Waals surface area contributed by atoms with Gasteiger partial charge < -0.3 is 10.3 Å². The number of amides is 1. The highest BCUT2D eigenvalue weighted by Crippen LogP contribution is 2.18. The summed E-state index contributed by atoms with van der Waals surface area (Å²) in [6, 6.07) is 17.4. The number of hydrogen-bond acceptors (Lipinski definition) is 2. The molecule has 0 unspecified atom stereocenters. The Hall–Kier alpha value is -2.88. The van der Waals surface area contributed by atoms with E-state index in [1.807, 2.05) is 48.7 Å². The number of imidazole rings is 1. The van der Waals surface area contributed by atoms with E-state index in [4.69, 9.17) is 5.73 Å². The topological polar surface area (TPSA) is 60.9 Å². The molecule has 0 aliphatic heterocycles. The zero-order valence-corrected chi connectivity index (χ0v) is 11.4. The lowest BCUT2D eigenvalue weighted by molar-refractivity contribution is 0.100. The van der Waals surface area contributed by atoms with Gasteiger partial charge in [0.1, 0.15) is 5.82 Å². The van der Waals surface area contributed by atoms with Crippen molar-refractivity contribution in [2.24, 2.45) is 5.73 Å². The largest absolute Gasteiger partial charge is 0.366 e. The monoisotopic (exact) mass is 277 g/mol. The van der Waals surface area contributed by atoms with E-state index in [1.165, 1.54) is 0 Å². The molecule has 0 saturated carbocycles. The summed E-state index contributed by atoms with van der Waals surface area (Å²) in [6.07, 6.45) is 3.74. The molecule has 4 heteroatoms. The van der Waals surface area contributed by atoms with Crippen LogP contribution >= 0.6 is 0 Å². The molecule has 104 valence electrons. The molecule has 1 amide bonds. The maximum Gasteiger partial charge on any atom is 0.248 e. The summed E-state index contributed by atoms with van der Waals surface area (Å²) in [7, 11) is 0. The fourth-order valence-corrected chi connectivity index (χ4v) is 2.26. The first-order valence-electron chi connectivity index (χ1n) is 6.69. The summed E-state index contributed by atoms with van der Waals surface area (Å²) in [5.41, 5.74) is 7.94. The van der Waals surface area contributed by atoms with Gasteiger partial charge >= 0.3 is 0 Å². The average molecular weight is 277 g/mol. The van der Waals surface area contributed by atoms with E-state index in [-0.39, 0.29) is 0 Å². The first kappa shape index (κ1) is 13.1. The van der Waals surface area contributed by atoms with Crippen LogP contribution in [-0.2, 0) is 6.54 Å². The minimum atomic E-state index is -0.408. The second kappa shape index (κ2) is 5.63. The third kappa shape index (κ3) is 2.84. The van der Waals surface area contributed by atoms with Gasteiger partial charge in [-0.05, 0) is 17.7 Å². The summed E-state index contributed by atoms with van der Waals surface area (Å²) in [4.78, 5) is 15.5. The molecule has 0 bridgehead atoms. The molecule has 0 fully saturated rings. The number of nitrogens with zero attached hydrogens (tertiary/aromatic N) is 2. The fraction of sp³-hybridized carbons (Fsp3) is 0.0588. The van der Waals surface area contributed by atoms with Crippen LogP contribution in [-0.4, -0.2) is 15.5 Å². The third-order valence-corrected chi connectivity index (χ3v) is 3.34. The van der Waals surface area contributed by atoms with Crippen molar-refractivity contribution in [3.05, 3.63) is 78.1 Å². The number of carbonyl (C=O) groups is 1. The van der Waals surface area contributed by atoms with Crippen LogP contribution in [0.1, 0.15) is 15.9 Å². The minimum Gasteiger partial charge on any atom is -0.366 e. The van der Waals surface area contributed by atoms with Gasteiger partial charge in [-0.1, -0.05) is 42.5 Å². The molecule has 0 saturated heterocycles. The van der Waals surface area contributed by atoms with Gasteiger partial charge in [-0.2, -0.15) is 0 Å². The first-order valence-corrected chi connectivity index (χ1v) is 6.69. The van der Waals surface area contributed by atoms with Gasteiger partial charge in [0.05, 0.1) is 0 Å². The van der Waals surface area contributed by atoms with Crippen LogP contribution in [0, 0.1) is 0 Å². The van der Waals surface area contributed by atoms with E-state index in [0.29, 0.717) is 12.1 Å². The Morgan fingerprint density at radius 3 is 2.43 bits per heavy atom. The van der Waals surface area contributed by atoms with Crippen LogP contribution < -0.4 is 5.73 Å². The van der Waals surface area contributed by atoms with Gasteiger partial charge in [0, 0.05) is 30.1 Å². The van der Waals surface area contributed by atoms with Gasteiger partial charge in [0.15, 0.2) is 0 Å². The minimum absolute atomic E-state index is 0.408. The van der Waals surface area contributed by atoms with Crippen molar-refractivity contribution < 1.29 is 4.79 Å². The van der Waals surface area contributed by atoms with Crippen molar-refractivity contribution in [3.63, 3.8) is 0 Å². The lowest BCUT2D eigenvalue weighted by Gasteiger charge is -2.08. The van der Waals surface area contributed by atoms with E-state index < -0.39 is 5.91 Å². The highest BCUT2D eigenvalue weighted by molar-refractivity contribution is 5.92. The SMILES string of the molecule is NC(=O)c1ccc(Cn2ccnc2-c2ccccc2)cc1. The normalized spacial score (nSPS) is 10.5. The Kier molecular flexibility index (Phi) is 3.51. The summed E-state index contributed by atoms with van der Waals surface area (Å²) >= 11 is 0. The van der Waals surface area contributed by atoms with E-state index in [1.54, 1.807) is 18.3 Å². The van der Waals surface area contributed by atoms with Gasteiger partial charge in [-0.15, -0.1) is 0 Å². The Balaban J connectivity index is 1.86. The molecule has 3 rings (SSSR count). The number of carbonyl (C=O) groups excluding carboxylic acids is 1. The number of rotatable bonds is 4. The molecule has 0 spiro atoms. The lowest BCUT2D eigenvalue weighted by atomic mass is 10.1. The van der Waals surface area contributed by atoms with Crippen molar-refractivity contribution >= 4 is 5.91 Å². The molecule has 1 heterocycles. The van der Waals surface area contributed by atoms with E-state index >= 15 is 0 Å². The molecule has 0 radical (unpaired) electrons. The molecule has 3 aromatic rings. The first-order chi connectivity index (χ1) is 10.2. The van der Waals surface area contributed by atoms with Crippen LogP contribution in [0.25, 0.3) is 11.4 Å². The zero-order valence-electron chi connectivity index (χ0n) is 11.4. The molecule has 0 aliphatic carbocycles. The van der Waals surface area contributed by atoms with Crippen molar-refractivity contribution in [2.75, 3.05) is 0 Å². The molecule has 0 aliphatic rings. The van der Waals surface area contributed by atoms with Crippen LogP contribution in [0.2, 0.25) is 0 Å². The lowest BCUT2D eigenvalue weighted by Crippen LogP contribution is -2.10. The second-order valence-corrected chi connectivity index (χ2v) is 4.81. The predicted molar refractivity (Wildman–Crippen MR) is 81.7 cm³/mol. The van der Waals surface area contributed by atoms with E-state index in [0.717, 1.165) is 17.0 Å². The van der Waals surface area contributed by atoms with Gasteiger partial charge in [0.2, 0.25) is 5.91 Å². The second-order valence-electron chi connectivity index (χ2n) is 4.81. The van der Waals surface area contributed by atoms with Crippen LogP contribution in [0.5, 0.6) is 0 Å². The smallest absolute Gasteiger partial charge is 0.248 e. The molecule has 2 N–H and O–H groups in total. The molecule has 21 heavy (non-hydrogen) atoms. The van der Waals surface area contributed by atoms with E-state index in [9.17, 15) is 4.79 Å². The van der Waals surface area contributed by atoms with Crippen LogP contribution in [0.15, 0.2) is 67.0 Å². The molecule has 4 nitrogen and oxygen atoms in total. The van der Waals surface area contributed by atoms with Crippen molar-refractivity contribution in [1.29, 1.82) is 0 Å². The summed E-state index contributed by atoms with van der Waals surface area (Å²) < 4.78 is 2.08. The molecular weight excluding hydrogens is 262 g/mol. The van der Waals surface area contributed by atoms with Crippen molar-refractivity contribution in [3.8, 4) is 11.4 Å². The van der Waals surface area contributed by atoms with Gasteiger partial charge in [-0.25, -0.2) is 4.98 Å². The summed E-state index contributed by atoms with van der Waals surface area (Å²) in [6.45, 7) is 0.698. The maximum absolute atomic E-state index is 11.1. The molecular formula is C17H15N3O. The molecule has 0 atom stereocenters. The number of aromatic nitrogens is 2. The Bertz CT molecular complexity index is 745. The van der Waals surface area contributed by atoms with Crippen LogP contribution in [0.4, 0.5) is 0 Å². The quantitative estimate of drug-likeness (QED) is 0.797. The standard InChI is InChI=1S/C17H15N3O/c18-16(21)14-8-6-13(7-9-14)12-20-11-10-19-17(20)15-4-2-1-3-5-15/h1-11H,12H2,(H2,18,21). The zero-order chi connectivity index (χ0) is 14.7. The highest BCUT2D eigenvalue weighted by atomic mass is 16.1. The number of primary amides is 1. The Morgan fingerprint density at radius 1 is 1.05 bits per heavy atom. The van der Waals surface area contributed by atoms with Crippen molar-refractivity contribution in [1.82, 2.24) is 9.55 Å². The third-order valence-electron chi connectivity index (χ3n) is 3.34. The van der Waals surface area contributed by atoms with Crippen molar-refractivity contribution in [2.45, 2.75) is 6.54 Å². The summed E-state index contributed by atoms with van der Waals surface area (Å²) in [5, 5.41) is 0. The number of nitrogens with two attached hydrogens (primary N) is 1. The Morgan fingerprint density at radius 2 is 1.76 bits per heavy atom. The van der Waals surface area contributed by atoms with Gasteiger partial charge in [0.25, 0.3) is 0 Å². The average Bonchev–Trinajstić information content (AvgIpc) is 2.97. The predicted octanol–water partition coefficient (Wildman–Crippen LogP) is 2.70. The van der Waals surface area contributed by atoms with Crippen LogP contribution in [0.3, 0.4) is 0 Å².